The van der Waals surface area contributed by atoms with Crippen LogP contribution >= 0.6 is 0 Å². The minimum atomic E-state index is 0.100. The molecule has 112 valence electrons. The molecule has 0 aromatic heterocycles. The van der Waals surface area contributed by atoms with Gasteiger partial charge in [0.05, 0.1) is 0 Å². The fourth-order valence-corrected chi connectivity index (χ4v) is 3.12. The number of benzene rings is 1. The zero-order valence-corrected chi connectivity index (χ0v) is 12.5. The van der Waals surface area contributed by atoms with Crippen molar-refractivity contribution in [2.75, 3.05) is 20.6 Å². The van der Waals surface area contributed by atoms with E-state index < -0.39 is 0 Å². The van der Waals surface area contributed by atoms with Gasteiger partial charge in [-0.3, -0.25) is 0 Å². The highest BCUT2D eigenvalue weighted by molar-refractivity contribution is 5.38. The Morgan fingerprint density at radius 1 is 1.15 bits per heavy atom. The molecule has 0 bridgehead atoms. The maximum absolute atomic E-state index is 9.79. The van der Waals surface area contributed by atoms with Crippen LogP contribution in [0, 0.1) is 0 Å². The van der Waals surface area contributed by atoms with Crippen molar-refractivity contribution in [1.82, 2.24) is 10.2 Å². The Balaban J connectivity index is 1.93. The van der Waals surface area contributed by atoms with E-state index in [2.05, 4.69) is 24.3 Å². The van der Waals surface area contributed by atoms with Crippen LogP contribution in [-0.2, 0) is 6.54 Å². The maximum Gasteiger partial charge on any atom is 0.123 e. The third-order valence-corrected chi connectivity index (χ3v) is 4.57. The van der Waals surface area contributed by atoms with Crippen LogP contribution < -0.4 is 5.32 Å². The lowest BCUT2D eigenvalue weighted by atomic mass is 9.80. The molecule has 0 aliphatic heterocycles. The van der Waals surface area contributed by atoms with Gasteiger partial charge in [-0.2, -0.15) is 0 Å². The van der Waals surface area contributed by atoms with Crippen molar-refractivity contribution in [2.24, 2.45) is 0 Å². The first kappa shape index (κ1) is 15.1. The molecule has 0 spiro atoms. The second kappa shape index (κ2) is 6.46. The van der Waals surface area contributed by atoms with Gasteiger partial charge in [-0.1, -0.05) is 25.3 Å². The summed E-state index contributed by atoms with van der Waals surface area (Å²) in [6.45, 7) is 1.56. The molecule has 3 N–H and O–H groups in total. The topological polar surface area (TPSA) is 55.7 Å². The minimum Gasteiger partial charge on any atom is -0.508 e. The van der Waals surface area contributed by atoms with E-state index in [1.807, 2.05) is 0 Å². The monoisotopic (exact) mass is 278 g/mol. The van der Waals surface area contributed by atoms with Crippen LogP contribution in [0.5, 0.6) is 11.5 Å². The fraction of sp³-hybridized carbons (Fsp3) is 0.625. The van der Waals surface area contributed by atoms with E-state index in [1.165, 1.54) is 38.2 Å². The van der Waals surface area contributed by atoms with Crippen LogP contribution in [-0.4, -0.2) is 41.3 Å². The SMILES string of the molecule is CN(C)C1(CNCc2ccc(O)cc2O)CCCCC1. The fourth-order valence-electron chi connectivity index (χ4n) is 3.12. The molecule has 1 aromatic carbocycles. The van der Waals surface area contributed by atoms with Gasteiger partial charge in [-0.15, -0.1) is 0 Å². The number of hydrogen-bond acceptors (Lipinski definition) is 4. The lowest BCUT2D eigenvalue weighted by molar-refractivity contribution is 0.0983. The smallest absolute Gasteiger partial charge is 0.123 e. The Morgan fingerprint density at radius 2 is 1.85 bits per heavy atom. The van der Waals surface area contributed by atoms with Gasteiger partial charge in [-0.25, -0.2) is 0 Å². The molecule has 0 heterocycles. The quantitative estimate of drug-likeness (QED) is 0.774. The van der Waals surface area contributed by atoms with Gasteiger partial charge in [-0.05, 0) is 33.0 Å². The number of hydrogen-bond donors (Lipinski definition) is 3. The molecule has 1 aliphatic carbocycles. The summed E-state index contributed by atoms with van der Waals surface area (Å²) in [7, 11) is 4.32. The maximum atomic E-state index is 9.79. The predicted molar refractivity (Wildman–Crippen MR) is 81.0 cm³/mol. The first-order valence-electron chi connectivity index (χ1n) is 7.42. The number of phenolic OH excluding ortho intramolecular Hbond substituents is 2. The van der Waals surface area contributed by atoms with Crippen molar-refractivity contribution in [3.05, 3.63) is 23.8 Å². The number of phenols is 2. The van der Waals surface area contributed by atoms with E-state index in [9.17, 15) is 10.2 Å². The lowest BCUT2D eigenvalue weighted by Gasteiger charge is -2.43. The molecule has 0 amide bonds. The predicted octanol–water partition coefficient (Wildman–Crippen LogP) is 2.45. The van der Waals surface area contributed by atoms with Crippen molar-refractivity contribution < 1.29 is 10.2 Å². The Kier molecular flexibility index (Phi) is 4.89. The first-order valence-corrected chi connectivity index (χ1v) is 7.42. The molecular formula is C16H26N2O2. The van der Waals surface area contributed by atoms with Crippen molar-refractivity contribution in [2.45, 2.75) is 44.2 Å². The van der Waals surface area contributed by atoms with Crippen LogP contribution in [0.25, 0.3) is 0 Å². The molecule has 20 heavy (non-hydrogen) atoms. The average Bonchev–Trinajstić information content (AvgIpc) is 2.42. The van der Waals surface area contributed by atoms with E-state index in [0.717, 1.165) is 12.1 Å². The second-order valence-electron chi connectivity index (χ2n) is 6.10. The van der Waals surface area contributed by atoms with Crippen molar-refractivity contribution >= 4 is 0 Å². The van der Waals surface area contributed by atoms with Gasteiger partial charge in [0.1, 0.15) is 11.5 Å². The molecule has 1 aromatic rings. The van der Waals surface area contributed by atoms with Gasteiger partial charge in [0.15, 0.2) is 0 Å². The lowest BCUT2D eigenvalue weighted by Crippen LogP contribution is -2.52. The van der Waals surface area contributed by atoms with E-state index in [1.54, 1.807) is 12.1 Å². The van der Waals surface area contributed by atoms with Crippen molar-refractivity contribution in [3.8, 4) is 11.5 Å². The van der Waals surface area contributed by atoms with Crippen LogP contribution in [0.15, 0.2) is 18.2 Å². The summed E-state index contributed by atoms with van der Waals surface area (Å²) < 4.78 is 0. The van der Waals surface area contributed by atoms with Crippen LogP contribution in [0.1, 0.15) is 37.7 Å². The largest absolute Gasteiger partial charge is 0.508 e. The molecule has 0 unspecified atom stereocenters. The van der Waals surface area contributed by atoms with E-state index in [-0.39, 0.29) is 17.0 Å². The van der Waals surface area contributed by atoms with Crippen LogP contribution in [0.2, 0.25) is 0 Å². The third kappa shape index (κ3) is 3.44. The van der Waals surface area contributed by atoms with Crippen LogP contribution in [0.4, 0.5) is 0 Å². The number of nitrogens with one attached hydrogen (secondary N) is 1. The highest BCUT2D eigenvalue weighted by Gasteiger charge is 2.33. The first-order chi connectivity index (χ1) is 9.53. The number of rotatable bonds is 5. The van der Waals surface area contributed by atoms with E-state index in [0.29, 0.717) is 6.54 Å². The van der Waals surface area contributed by atoms with Gasteiger partial charge >= 0.3 is 0 Å². The Hall–Kier alpha value is -1.26. The molecular weight excluding hydrogens is 252 g/mol. The molecule has 1 aliphatic rings. The number of nitrogens with zero attached hydrogens (tertiary/aromatic N) is 1. The average molecular weight is 278 g/mol. The molecule has 1 saturated carbocycles. The summed E-state index contributed by atoms with van der Waals surface area (Å²) in [5, 5.41) is 22.6. The molecule has 1 fully saturated rings. The van der Waals surface area contributed by atoms with Gasteiger partial charge in [0.25, 0.3) is 0 Å². The highest BCUT2D eigenvalue weighted by atomic mass is 16.3. The zero-order valence-electron chi connectivity index (χ0n) is 12.5. The Morgan fingerprint density at radius 3 is 2.45 bits per heavy atom. The molecule has 4 heteroatoms. The molecule has 2 rings (SSSR count). The van der Waals surface area contributed by atoms with Gasteiger partial charge < -0.3 is 20.4 Å². The van der Waals surface area contributed by atoms with E-state index >= 15 is 0 Å². The molecule has 0 saturated heterocycles. The zero-order chi connectivity index (χ0) is 14.6. The van der Waals surface area contributed by atoms with Crippen molar-refractivity contribution in [3.63, 3.8) is 0 Å². The van der Waals surface area contributed by atoms with Crippen molar-refractivity contribution in [1.29, 1.82) is 0 Å². The summed E-state index contributed by atoms with van der Waals surface area (Å²) in [6, 6.07) is 4.76. The Bertz CT molecular complexity index is 440. The number of likely N-dealkylation sites (N-methyl/N-ethyl adjacent to an activating group) is 1. The van der Waals surface area contributed by atoms with Crippen LogP contribution in [0.3, 0.4) is 0 Å². The molecule has 0 radical (unpaired) electrons. The summed E-state index contributed by atoms with van der Waals surface area (Å²) in [5.41, 5.74) is 1.07. The summed E-state index contributed by atoms with van der Waals surface area (Å²) in [4.78, 5) is 2.34. The highest BCUT2D eigenvalue weighted by Crippen LogP contribution is 2.31. The summed E-state index contributed by atoms with van der Waals surface area (Å²) in [5.74, 6) is 0.253. The van der Waals surface area contributed by atoms with E-state index in [4.69, 9.17) is 0 Å². The minimum absolute atomic E-state index is 0.100. The molecule has 4 nitrogen and oxygen atoms in total. The standard InChI is InChI=1S/C16H26N2O2/c1-18(2)16(8-4-3-5-9-16)12-17-11-13-6-7-14(19)10-15(13)20/h6-7,10,17,19-20H,3-5,8-9,11-12H2,1-2H3. The third-order valence-electron chi connectivity index (χ3n) is 4.57. The second-order valence-corrected chi connectivity index (χ2v) is 6.10. The summed E-state index contributed by atoms with van der Waals surface area (Å²) >= 11 is 0. The molecule has 0 atom stereocenters. The summed E-state index contributed by atoms with van der Waals surface area (Å²) in [6.07, 6.45) is 6.39. The number of aromatic hydroxyl groups is 2. The van der Waals surface area contributed by atoms with Gasteiger partial charge in [0, 0.05) is 30.3 Å². The normalized spacial score (nSPS) is 18.4. The van der Waals surface area contributed by atoms with Gasteiger partial charge in [0.2, 0.25) is 0 Å². The Labute approximate surface area is 121 Å².